The summed E-state index contributed by atoms with van der Waals surface area (Å²) in [4.78, 5) is 14.7. The van der Waals surface area contributed by atoms with Gasteiger partial charge in [0.1, 0.15) is 17.3 Å². The van der Waals surface area contributed by atoms with Gasteiger partial charge in [0.05, 0.1) is 31.7 Å². The van der Waals surface area contributed by atoms with E-state index < -0.39 is 11.2 Å². The van der Waals surface area contributed by atoms with Crippen LogP contribution in [0.5, 0.6) is 5.75 Å². The van der Waals surface area contributed by atoms with Gasteiger partial charge in [-0.25, -0.2) is 0 Å². The molecule has 0 spiro atoms. The maximum absolute atomic E-state index is 12.9. The van der Waals surface area contributed by atoms with E-state index in [2.05, 4.69) is 35.7 Å². The lowest BCUT2D eigenvalue weighted by atomic mass is 9.97. The first-order chi connectivity index (χ1) is 16.1. The average Bonchev–Trinajstić information content (AvgIpc) is 3.26. The molecule has 2 aromatic carbocycles. The topological polar surface area (TPSA) is 88.4 Å². The van der Waals surface area contributed by atoms with Gasteiger partial charge in [-0.15, -0.1) is 0 Å². The van der Waals surface area contributed by atoms with Crippen LogP contribution in [0.3, 0.4) is 0 Å². The highest BCUT2D eigenvalue weighted by molar-refractivity contribution is 7.91. The van der Waals surface area contributed by atoms with E-state index in [0.29, 0.717) is 61.5 Å². The lowest BCUT2D eigenvalue weighted by Crippen LogP contribution is -2.43. The zero-order valence-electron chi connectivity index (χ0n) is 19.1. The maximum atomic E-state index is 12.9. The van der Waals surface area contributed by atoms with Crippen molar-refractivity contribution in [1.82, 2.24) is 10.2 Å². The highest BCUT2D eigenvalue weighted by Gasteiger charge is 2.26. The monoisotopic (exact) mass is 465 g/mol. The van der Waals surface area contributed by atoms with Crippen LogP contribution in [-0.2, 0) is 30.4 Å². The fourth-order valence-corrected chi connectivity index (χ4v) is 5.66. The highest BCUT2D eigenvalue weighted by atomic mass is 32.2. The number of hydrogen-bond donors (Lipinski definition) is 1. The molecule has 6 nitrogen and oxygen atoms in total. The maximum Gasteiger partial charge on any atom is 0.254 e. The van der Waals surface area contributed by atoms with Gasteiger partial charge >= 0.3 is 0 Å². The molecule has 7 heteroatoms. The molecule has 2 aromatic rings. The Bertz CT molecular complexity index is 989. The van der Waals surface area contributed by atoms with E-state index in [1.54, 1.807) is 11.0 Å². The molecule has 1 fully saturated rings. The van der Waals surface area contributed by atoms with E-state index >= 15 is 0 Å². The summed E-state index contributed by atoms with van der Waals surface area (Å²) < 4.78 is 17.4. The van der Waals surface area contributed by atoms with E-state index in [1.165, 1.54) is 11.1 Å². The molecule has 1 amide bonds. The predicted molar refractivity (Wildman–Crippen MR) is 130 cm³/mol. The lowest BCUT2D eigenvalue weighted by Gasteiger charge is -2.28. The fraction of sp³-hybridized carbons (Fsp3) is 0.462. The number of ether oxygens (including phenoxy) is 1. The molecule has 174 valence electrons. The smallest absolute Gasteiger partial charge is 0.254 e. The summed E-state index contributed by atoms with van der Waals surface area (Å²) in [7, 11) is 0. The first-order valence-corrected chi connectivity index (χ1v) is 13.2. The fourth-order valence-electron chi connectivity index (χ4n) is 4.61. The van der Waals surface area contributed by atoms with Gasteiger partial charge in [-0.05, 0) is 55.0 Å². The minimum absolute atomic E-state index is 0.0569. The number of nitrogens with one attached hydrogen (secondary N) is 1. The highest BCUT2D eigenvalue weighted by Crippen LogP contribution is 2.26. The van der Waals surface area contributed by atoms with Crippen LogP contribution in [0.1, 0.15) is 34.0 Å². The number of nitrogens with zero attached hydrogens (tertiary/aromatic N) is 2. The van der Waals surface area contributed by atoms with Crippen molar-refractivity contribution in [1.29, 1.82) is 5.26 Å². The molecule has 0 saturated carbocycles. The van der Waals surface area contributed by atoms with Gasteiger partial charge in [-0.3, -0.25) is 4.79 Å². The molecular weight excluding hydrogens is 434 g/mol. The minimum Gasteiger partial charge on any atom is -0.616 e. The van der Waals surface area contributed by atoms with Crippen LogP contribution in [-0.4, -0.2) is 59.1 Å². The number of amides is 1. The summed E-state index contributed by atoms with van der Waals surface area (Å²) in [5.74, 6) is 1.48. The van der Waals surface area contributed by atoms with Crippen molar-refractivity contribution in [2.24, 2.45) is 5.92 Å². The van der Waals surface area contributed by atoms with Gasteiger partial charge in [0.2, 0.25) is 0 Å². The Morgan fingerprint density at radius 2 is 1.94 bits per heavy atom. The third-order valence-electron chi connectivity index (χ3n) is 6.43. The number of nitriles is 1. The van der Waals surface area contributed by atoms with E-state index in [1.807, 2.05) is 19.1 Å². The molecule has 0 bridgehead atoms. The van der Waals surface area contributed by atoms with Gasteiger partial charge in [0.15, 0.2) is 0 Å². The van der Waals surface area contributed by atoms with E-state index in [9.17, 15) is 14.6 Å². The standard InChI is InChI=1S/C26H31N3O3S/c1-2-32-25-16-23(26(30)29-9-11-33(31)12-10-29)8-7-22(25)13-19(17-27)18-28-24-14-20-5-3-4-6-21(20)15-24/h3-8,16,19,24,28H,2,9-15,18H2,1H3. The lowest BCUT2D eigenvalue weighted by molar-refractivity contribution is 0.0769. The number of carbonyl (C=O) groups excluding carboxylic acids is 1. The van der Waals surface area contributed by atoms with Crippen molar-refractivity contribution < 1.29 is 14.1 Å². The molecule has 33 heavy (non-hydrogen) atoms. The van der Waals surface area contributed by atoms with E-state index in [-0.39, 0.29) is 11.8 Å². The van der Waals surface area contributed by atoms with Gasteiger partial charge in [-0.1, -0.05) is 41.5 Å². The SMILES string of the molecule is CCOc1cc(C(=O)N2CC[S+]([O-])CC2)ccc1CC(C#N)CNC1Cc2ccccc2C1. The largest absolute Gasteiger partial charge is 0.616 e. The van der Waals surface area contributed by atoms with E-state index in [0.717, 1.165) is 18.4 Å². The quantitative estimate of drug-likeness (QED) is 0.606. The van der Waals surface area contributed by atoms with Crippen LogP contribution in [0.2, 0.25) is 0 Å². The summed E-state index contributed by atoms with van der Waals surface area (Å²) in [6.07, 6.45) is 2.56. The van der Waals surface area contributed by atoms with Crippen molar-refractivity contribution in [3.8, 4) is 11.8 Å². The van der Waals surface area contributed by atoms with Crippen LogP contribution in [0.4, 0.5) is 0 Å². The molecule has 1 aliphatic heterocycles. The van der Waals surface area contributed by atoms with E-state index in [4.69, 9.17) is 4.74 Å². The third-order valence-corrected chi connectivity index (χ3v) is 7.71. The summed E-state index contributed by atoms with van der Waals surface area (Å²) in [6.45, 7) is 4.06. The second-order valence-corrected chi connectivity index (χ2v) is 10.4. The number of hydrogen-bond acceptors (Lipinski definition) is 5. The van der Waals surface area contributed by atoms with Gasteiger partial charge < -0.3 is 19.5 Å². The van der Waals surface area contributed by atoms with Gasteiger partial charge in [-0.2, -0.15) is 5.26 Å². The second kappa shape index (κ2) is 11.1. The molecule has 1 heterocycles. The Morgan fingerprint density at radius 1 is 1.24 bits per heavy atom. The number of rotatable bonds is 8. The molecule has 1 N–H and O–H groups in total. The van der Waals surface area contributed by atoms with Crippen molar-refractivity contribution in [3.63, 3.8) is 0 Å². The number of benzene rings is 2. The van der Waals surface area contributed by atoms with Crippen molar-refractivity contribution in [2.75, 3.05) is 37.7 Å². The third kappa shape index (κ3) is 5.89. The first-order valence-electron chi connectivity index (χ1n) is 11.7. The minimum atomic E-state index is -0.823. The molecule has 1 aliphatic carbocycles. The van der Waals surface area contributed by atoms with Crippen molar-refractivity contribution in [3.05, 3.63) is 64.7 Å². The van der Waals surface area contributed by atoms with Crippen LogP contribution in [0.15, 0.2) is 42.5 Å². The molecule has 1 unspecified atom stereocenters. The molecule has 1 saturated heterocycles. The molecule has 4 rings (SSSR count). The van der Waals surface area contributed by atoms with Crippen LogP contribution in [0, 0.1) is 17.2 Å². The zero-order valence-corrected chi connectivity index (χ0v) is 19.9. The molecule has 0 radical (unpaired) electrons. The number of carbonyl (C=O) groups is 1. The van der Waals surface area contributed by atoms with Crippen LogP contribution >= 0.6 is 0 Å². The van der Waals surface area contributed by atoms with Gasteiger partial charge in [0.25, 0.3) is 5.91 Å². The predicted octanol–water partition coefficient (Wildman–Crippen LogP) is 2.73. The van der Waals surface area contributed by atoms with Crippen LogP contribution in [0.25, 0.3) is 0 Å². The summed E-state index contributed by atoms with van der Waals surface area (Å²) in [5.41, 5.74) is 4.30. The molecule has 1 atom stereocenters. The van der Waals surface area contributed by atoms with Crippen LogP contribution < -0.4 is 10.1 Å². The summed E-state index contributed by atoms with van der Waals surface area (Å²) in [6, 6.07) is 16.8. The molecule has 2 aliphatic rings. The molecule has 0 aromatic heterocycles. The Labute approximate surface area is 199 Å². The zero-order chi connectivity index (χ0) is 23.2. The molecular formula is C26H31N3O3S. The summed E-state index contributed by atoms with van der Waals surface area (Å²) in [5, 5.41) is 13.4. The van der Waals surface area contributed by atoms with Crippen molar-refractivity contribution >= 4 is 17.1 Å². The number of fused-ring (bicyclic) bond motifs is 1. The Hall–Kier alpha value is -2.53. The first kappa shape index (κ1) is 23.6. The average molecular weight is 466 g/mol. The second-order valence-electron chi connectivity index (χ2n) is 8.71. The summed E-state index contributed by atoms with van der Waals surface area (Å²) >= 11 is -0.823. The van der Waals surface area contributed by atoms with Gasteiger partial charge in [0, 0.05) is 18.2 Å². The van der Waals surface area contributed by atoms with Crippen molar-refractivity contribution in [2.45, 2.75) is 32.2 Å². The normalized spacial score (nSPS) is 17.4. The Morgan fingerprint density at radius 3 is 2.58 bits per heavy atom. The Kier molecular flexibility index (Phi) is 7.92. The Balaban J connectivity index is 1.38.